The normalized spacial score (nSPS) is 21.8. The van der Waals surface area contributed by atoms with Gasteiger partial charge in [0.25, 0.3) is 5.91 Å². The van der Waals surface area contributed by atoms with Crippen molar-refractivity contribution in [2.45, 2.75) is 46.2 Å². The summed E-state index contributed by atoms with van der Waals surface area (Å²) in [5, 5.41) is 4.31. The Morgan fingerprint density at radius 3 is 2.65 bits per heavy atom. The molecule has 2 atom stereocenters. The summed E-state index contributed by atoms with van der Waals surface area (Å²) >= 11 is 0. The maximum absolute atomic E-state index is 12.8. The highest BCUT2D eigenvalue weighted by Gasteiger charge is 2.37. The molecule has 0 saturated carbocycles. The Morgan fingerprint density at radius 2 is 2.09 bits per heavy atom. The molecule has 2 heterocycles. The number of hydrogen-bond acceptors (Lipinski definition) is 4. The first kappa shape index (κ1) is 17.9. The summed E-state index contributed by atoms with van der Waals surface area (Å²) in [6.45, 7) is 7.49. The number of aromatic nitrogens is 2. The zero-order valence-electron chi connectivity index (χ0n) is 14.2. The fourth-order valence-electron chi connectivity index (χ4n) is 3.23. The third kappa shape index (κ3) is 4.32. The van der Waals surface area contributed by atoms with Crippen molar-refractivity contribution in [3.63, 3.8) is 0 Å². The van der Waals surface area contributed by atoms with Crippen LogP contribution in [0, 0.1) is 12.8 Å². The highest BCUT2D eigenvalue weighted by molar-refractivity contribution is 7.88. The van der Waals surface area contributed by atoms with Crippen molar-refractivity contribution in [3.8, 4) is 0 Å². The van der Waals surface area contributed by atoms with Crippen LogP contribution < -0.4 is 4.72 Å². The number of carbonyl (C=O) groups excluding carboxylic acids is 1. The molecule has 0 bridgehead atoms. The zero-order valence-corrected chi connectivity index (χ0v) is 15.1. The molecule has 1 aromatic rings. The molecule has 0 unspecified atom stereocenters. The van der Waals surface area contributed by atoms with Gasteiger partial charge in [0.05, 0.1) is 11.9 Å². The summed E-state index contributed by atoms with van der Waals surface area (Å²) in [7, 11) is -3.29. The fourth-order valence-corrected chi connectivity index (χ4v) is 4.05. The molecular weight excluding hydrogens is 316 g/mol. The lowest BCUT2D eigenvalue weighted by atomic mass is 9.99. The van der Waals surface area contributed by atoms with Gasteiger partial charge in [0.1, 0.15) is 5.69 Å². The van der Waals surface area contributed by atoms with E-state index >= 15 is 0 Å². The summed E-state index contributed by atoms with van der Waals surface area (Å²) in [4.78, 5) is 14.5. The number of nitrogens with zero attached hydrogens (tertiary/aromatic N) is 3. The average Bonchev–Trinajstić information content (AvgIpc) is 3.01. The van der Waals surface area contributed by atoms with Crippen LogP contribution in [-0.4, -0.2) is 54.4 Å². The second kappa shape index (κ2) is 7.00. The maximum Gasteiger partial charge on any atom is 0.272 e. The zero-order chi connectivity index (χ0) is 17.2. The van der Waals surface area contributed by atoms with Crippen molar-refractivity contribution >= 4 is 15.9 Å². The van der Waals surface area contributed by atoms with Gasteiger partial charge in [-0.1, -0.05) is 13.3 Å². The minimum atomic E-state index is -3.29. The molecule has 0 radical (unpaired) electrons. The molecule has 1 fully saturated rings. The van der Waals surface area contributed by atoms with Crippen molar-refractivity contribution in [1.29, 1.82) is 0 Å². The third-order valence-corrected chi connectivity index (χ3v) is 4.90. The lowest BCUT2D eigenvalue weighted by Crippen LogP contribution is -2.40. The monoisotopic (exact) mass is 342 g/mol. The van der Waals surface area contributed by atoms with E-state index in [1.54, 1.807) is 15.6 Å². The third-order valence-electron chi connectivity index (χ3n) is 4.17. The lowest BCUT2D eigenvalue weighted by molar-refractivity contribution is 0.0772. The van der Waals surface area contributed by atoms with Crippen LogP contribution in [0.4, 0.5) is 0 Å². The van der Waals surface area contributed by atoms with E-state index in [9.17, 15) is 13.2 Å². The van der Waals surface area contributed by atoms with Gasteiger partial charge in [-0.15, -0.1) is 0 Å². The molecule has 7 nitrogen and oxygen atoms in total. The first-order chi connectivity index (χ1) is 10.7. The van der Waals surface area contributed by atoms with Crippen LogP contribution in [-0.2, 0) is 16.6 Å². The summed E-state index contributed by atoms with van der Waals surface area (Å²) in [5.41, 5.74) is 1.38. The Morgan fingerprint density at radius 1 is 1.39 bits per heavy atom. The van der Waals surface area contributed by atoms with E-state index in [1.165, 1.54) is 0 Å². The van der Waals surface area contributed by atoms with Crippen LogP contribution in [0.2, 0.25) is 0 Å². The molecule has 8 heteroatoms. The number of aryl methyl sites for hydroxylation is 2. The molecule has 1 aromatic heterocycles. The van der Waals surface area contributed by atoms with Gasteiger partial charge in [-0.05, 0) is 32.3 Å². The van der Waals surface area contributed by atoms with Crippen LogP contribution in [0.15, 0.2) is 6.07 Å². The van der Waals surface area contributed by atoms with Crippen molar-refractivity contribution in [1.82, 2.24) is 19.4 Å². The van der Waals surface area contributed by atoms with Gasteiger partial charge in [0.2, 0.25) is 10.0 Å². The molecule has 1 aliphatic rings. The summed E-state index contributed by atoms with van der Waals surface area (Å²) in [5.74, 6) is 0.0733. The molecule has 1 N–H and O–H groups in total. The molecule has 2 rings (SSSR count). The Kier molecular flexibility index (Phi) is 5.46. The van der Waals surface area contributed by atoms with Gasteiger partial charge in [-0.3, -0.25) is 9.48 Å². The van der Waals surface area contributed by atoms with Gasteiger partial charge in [0.15, 0.2) is 0 Å². The van der Waals surface area contributed by atoms with Crippen LogP contribution in [0.3, 0.4) is 0 Å². The van der Waals surface area contributed by atoms with Gasteiger partial charge in [-0.25, -0.2) is 13.1 Å². The number of likely N-dealkylation sites (tertiary alicyclic amines) is 1. The second-order valence-corrected chi connectivity index (χ2v) is 8.02. The topological polar surface area (TPSA) is 84.3 Å². The number of nitrogens with one attached hydrogen (secondary N) is 1. The van der Waals surface area contributed by atoms with Crippen molar-refractivity contribution in [3.05, 3.63) is 17.5 Å². The van der Waals surface area contributed by atoms with E-state index in [0.29, 0.717) is 25.3 Å². The second-order valence-electron chi connectivity index (χ2n) is 6.24. The fraction of sp³-hybridized carbons (Fsp3) is 0.733. The van der Waals surface area contributed by atoms with Crippen molar-refractivity contribution < 1.29 is 13.2 Å². The highest BCUT2D eigenvalue weighted by Crippen LogP contribution is 2.24. The maximum atomic E-state index is 12.8. The minimum Gasteiger partial charge on any atom is -0.335 e. The van der Waals surface area contributed by atoms with E-state index in [1.807, 2.05) is 13.8 Å². The number of amides is 1. The molecule has 0 spiro atoms. The molecular formula is C15H26N4O3S. The van der Waals surface area contributed by atoms with E-state index in [0.717, 1.165) is 24.8 Å². The number of carbonyl (C=O) groups is 1. The predicted molar refractivity (Wildman–Crippen MR) is 88.7 cm³/mol. The van der Waals surface area contributed by atoms with E-state index in [4.69, 9.17) is 0 Å². The van der Waals surface area contributed by atoms with Crippen molar-refractivity contribution in [2.75, 3.05) is 19.3 Å². The van der Waals surface area contributed by atoms with Crippen LogP contribution in [0.1, 0.15) is 42.9 Å². The summed E-state index contributed by atoms with van der Waals surface area (Å²) in [6.07, 6.45) is 3.01. The number of rotatable bonds is 6. The van der Waals surface area contributed by atoms with E-state index in [2.05, 4.69) is 16.7 Å². The number of sulfonamides is 1. The molecule has 1 amide bonds. The first-order valence-electron chi connectivity index (χ1n) is 8.06. The summed E-state index contributed by atoms with van der Waals surface area (Å²) < 4.78 is 27.5. The molecule has 130 valence electrons. The molecule has 1 saturated heterocycles. The first-order valence-corrected chi connectivity index (χ1v) is 9.95. The lowest BCUT2D eigenvalue weighted by Gasteiger charge is -2.17. The van der Waals surface area contributed by atoms with Crippen LogP contribution in [0.25, 0.3) is 0 Å². The summed E-state index contributed by atoms with van der Waals surface area (Å²) in [6, 6.07) is 1.57. The average molecular weight is 342 g/mol. The Balaban J connectivity index is 2.18. The standard InChI is InChI=1S/C15H26N4O3S/c1-5-7-12-9-18(10-13(12)17-23(4,21)22)15(20)14-8-11(3)16-19(14)6-2/h8,12-13,17H,5-7,9-10H2,1-4H3/t12-,13-/m0/s1. The Hall–Kier alpha value is -1.41. The quantitative estimate of drug-likeness (QED) is 0.836. The Labute approximate surface area is 138 Å². The highest BCUT2D eigenvalue weighted by atomic mass is 32.2. The van der Waals surface area contributed by atoms with Gasteiger partial charge < -0.3 is 4.90 Å². The van der Waals surface area contributed by atoms with Gasteiger partial charge in [0, 0.05) is 25.7 Å². The van der Waals surface area contributed by atoms with Crippen molar-refractivity contribution in [2.24, 2.45) is 5.92 Å². The van der Waals surface area contributed by atoms with Crippen LogP contribution >= 0.6 is 0 Å². The van der Waals surface area contributed by atoms with Gasteiger partial charge in [-0.2, -0.15) is 5.10 Å². The van der Waals surface area contributed by atoms with Crippen LogP contribution in [0.5, 0.6) is 0 Å². The van der Waals surface area contributed by atoms with E-state index in [-0.39, 0.29) is 17.9 Å². The molecule has 1 aliphatic heterocycles. The number of hydrogen-bond donors (Lipinski definition) is 1. The molecule has 0 aliphatic carbocycles. The SMILES string of the molecule is CCC[C@H]1CN(C(=O)c2cc(C)nn2CC)C[C@@H]1NS(C)(=O)=O. The predicted octanol–water partition coefficient (Wildman–Crippen LogP) is 1.00. The minimum absolute atomic E-state index is 0.0774. The van der Waals surface area contributed by atoms with Gasteiger partial charge >= 0.3 is 0 Å². The smallest absolute Gasteiger partial charge is 0.272 e. The molecule has 0 aromatic carbocycles. The molecule has 23 heavy (non-hydrogen) atoms. The largest absolute Gasteiger partial charge is 0.335 e. The Bertz CT molecular complexity index is 668. The van der Waals surface area contributed by atoms with E-state index < -0.39 is 10.0 Å².